The minimum absolute atomic E-state index is 0.0792. The Balaban J connectivity index is 2.44. The lowest BCUT2D eigenvalue weighted by atomic mass is 10.0. The first kappa shape index (κ1) is 18.2. The number of nitrogens with one attached hydrogen (secondary N) is 3. The number of hydrazine groups is 1. The van der Waals surface area contributed by atoms with Gasteiger partial charge < -0.3 is 15.8 Å². The quantitative estimate of drug-likeness (QED) is 0.551. The van der Waals surface area contributed by atoms with E-state index in [-0.39, 0.29) is 11.7 Å². The van der Waals surface area contributed by atoms with Gasteiger partial charge in [0, 0.05) is 0 Å². The Morgan fingerprint density at radius 2 is 1.87 bits per heavy atom. The van der Waals surface area contributed by atoms with E-state index < -0.39 is 36.3 Å². The number of hydrogen-bond donors (Lipinski definition) is 4. The molecule has 0 spiro atoms. The second-order valence-electron chi connectivity index (χ2n) is 4.99. The molecule has 0 aliphatic carbocycles. The molecule has 0 bridgehead atoms. The van der Waals surface area contributed by atoms with Crippen LogP contribution >= 0.6 is 0 Å². The summed E-state index contributed by atoms with van der Waals surface area (Å²) in [6.07, 6.45) is 0. The summed E-state index contributed by atoms with van der Waals surface area (Å²) in [5.41, 5.74) is 9.22. The summed E-state index contributed by atoms with van der Waals surface area (Å²) in [6, 6.07) is 3.85. The molecule has 0 aliphatic heterocycles. The normalized spacial score (nSPS) is 11.5. The van der Waals surface area contributed by atoms with E-state index in [0.717, 1.165) is 0 Å². The third-order valence-corrected chi connectivity index (χ3v) is 2.77. The Morgan fingerprint density at radius 3 is 2.43 bits per heavy atom. The molecule has 0 radical (unpaired) electrons. The van der Waals surface area contributed by atoms with Crippen LogP contribution in [0.5, 0.6) is 5.75 Å². The SMILES string of the molecule is CC(C)[C@H](NC(N)=O)C(=O)NNC(=O)COc1ccccc1F. The number of carbonyl (C=O) groups excluding carboxylic acids is 3. The molecule has 9 heteroatoms. The van der Waals surface area contributed by atoms with E-state index in [1.54, 1.807) is 19.9 Å². The van der Waals surface area contributed by atoms with Gasteiger partial charge >= 0.3 is 6.03 Å². The molecule has 0 saturated carbocycles. The molecule has 1 atom stereocenters. The van der Waals surface area contributed by atoms with Crippen molar-refractivity contribution < 1.29 is 23.5 Å². The highest BCUT2D eigenvalue weighted by molar-refractivity contribution is 5.88. The summed E-state index contributed by atoms with van der Waals surface area (Å²) in [5, 5.41) is 2.26. The number of amides is 4. The predicted octanol–water partition coefficient (Wildman–Crippen LogP) is 0.0448. The fraction of sp³-hybridized carbons (Fsp3) is 0.357. The summed E-state index contributed by atoms with van der Waals surface area (Å²) < 4.78 is 18.3. The fourth-order valence-corrected chi connectivity index (χ4v) is 1.64. The number of hydrogen-bond acceptors (Lipinski definition) is 4. The van der Waals surface area contributed by atoms with Crippen molar-refractivity contribution in [3.05, 3.63) is 30.1 Å². The van der Waals surface area contributed by atoms with Gasteiger partial charge in [-0.3, -0.25) is 20.4 Å². The number of ether oxygens (including phenoxy) is 1. The van der Waals surface area contributed by atoms with E-state index in [1.807, 2.05) is 0 Å². The molecule has 1 aromatic carbocycles. The Kier molecular flexibility index (Phi) is 6.78. The average Bonchev–Trinajstić information content (AvgIpc) is 2.49. The van der Waals surface area contributed by atoms with Crippen molar-refractivity contribution in [2.75, 3.05) is 6.61 Å². The lowest BCUT2D eigenvalue weighted by molar-refractivity contribution is -0.131. The molecule has 5 N–H and O–H groups in total. The van der Waals surface area contributed by atoms with Gasteiger partial charge in [0.15, 0.2) is 18.2 Å². The van der Waals surface area contributed by atoms with Gasteiger partial charge in [-0.25, -0.2) is 9.18 Å². The molecule has 0 unspecified atom stereocenters. The molecule has 0 fully saturated rings. The number of para-hydroxylation sites is 1. The average molecular weight is 326 g/mol. The van der Waals surface area contributed by atoms with Gasteiger partial charge in [0.1, 0.15) is 6.04 Å². The molecular formula is C14H19FN4O4. The van der Waals surface area contributed by atoms with Crippen LogP contribution in [-0.4, -0.2) is 30.5 Å². The van der Waals surface area contributed by atoms with Gasteiger partial charge in [-0.1, -0.05) is 26.0 Å². The van der Waals surface area contributed by atoms with Gasteiger partial charge in [0.2, 0.25) is 0 Å². The van der Waals surface area contributed by atoms with Gasteiger partial charge in [0.25, 0.3) is 11.8 Å². The molecule has 0 aliphatic rings. The number of urea groups is 1. The number of halogens is 1. The number of benzene rings is 1. The van der Waals surface area contributed by atoms with Crippen LogP contribution < -0.4 is 26.6 Å². The van der Waals surface area contributed by atoms with Crippen molar-refractivity contribution in [3.8, 4) is 5.75 Å². The van der Waals surface area contributed by atoms with E-state index in [9.17, 15) is 18.8 Å². The highest BCUT2D eigenvalue weighted by atomic mass is 19.1. The summed E-state index contributed by atoms with van der Waals surface area (Å²) in [7, 11) is 0. The van der Waals surface area contributed by atoms with Crippen LogP contribution in [0.3, 0.4) is 0 Å². The predicted molar refractivity (Wildman–Crippen MR) is 79.5 cm³/mol. The zero-order chi connectivity index (χ0) is 17.4. The first-order valence-electron chi connectivity index (χ1n) is 6.83. The zero-order valence-corrected chi connectivity index (χ0v) is 12.8. The van der Waals surface area contributed by atoms with Crippen molar-refractivity contribution >= 4 is 17.8 Å². The van der Waals surface area contributed by atoms with E-state index in [1.165, 1.54) is 18.2 Å². The maximum Gasteiger partial charge on any atom is 0.312 e. The van der Waals surface area contributed by atoms with Gasteiger partial charge in [0.05, 0.1) is 0 Å². The van der Waals surface area contributed by atoms with E-state index >= 15 is 0 Å². The molecule has 126 valence electrons. The third-order valence-electron chi connectivity index (χ3n) is 2.77. The zero-order valence-electron chi connectivity index (χ0n) is 12.8. The van der Waals surface area contributed by atoms with Crippen LogP contribution in [0.4, 0.5) is 9.18 Å². The molecule has 8 nitrogen and oxygen atoms in total. The second kappa shape index (κ2) is 8.57. The number of carbonyl (C=O) groups is 3. The second-order valence-corrected chi connectivity index (χ2v) is 4.99. The number of primary amides is 1. The minimum Gasteiger partial charge on any atom is -0.481 e. The standard InChI is InChI=1S/C14H19FN4O4/c1-8(2)12(17-14(16)22)13(21)19-18-11(20)7-23-10-6-4-3-5-9(10)15/h3-6,8,12H,7H2,1-2H3,(H,18,20)(H,19,21)(H3,16,17,22)/t12-/m0/s1. The van der Waals surface area contributed by atoms with Crippen molar-refractivity contribution in [1.82, 2.24) is 16.2 Å². The van der Waals surface area contributed by atoms with Crippen LogP contribution in [0.2, 0.25) is 0 Å². The van der Waals surface area contributed by atoms with Gasteiger partial charge in [-0.15, -0.1) is 0 Å². The van der Waals surface area contributed by atoms with Crippen molar-refractivity contribution in [3.63, 3.8) is 0 Å². The molecule has 1 aromatic rings. The van der Waals surface area contributed by atoms with Crippen LogP contribution in [0, 0.1) is 11.7 Å². The lowest BCUT2D eigenvalue weighted by Crippen LogP contribution is -2.55. The first-order chi connectivity index (χ1) is 10.8. The van der Waals surface area contributed by atoms with Crippen molar-refractivity contribution in [2.45, 2.75) is 19.9 Å². The Labute approximate surface area is 132 Å². The highest BCUT2D eigenvalue weighted by Gasteiger charge is 2.23. The summed E-state index contributed by atoms with van der Waals surface area (Å²) in [6.45, 7) is 2.91. The monoisotopic (exact) mass is 326 g/mol. The molecule has 0 aromatic heterocycles. The Hall–Kier alpha value is -2.84. The summed E-state index contributed by atoms with van der Waals surface area (Å²) in [4.78, 5) is 34.3. The van der Waals surface area contributed by atoms with Crippen LogP contribution in [0.15, 0.2) is 24.3 Å². The molecule has 23 heavy (non-hydrogen) atoms. The van der Waals surface area contributed by atoms with Gasteiger partial charge in [-0.2, -0.15) is 0 Å². The van der Waals surface area contributed by atoms with Crippen LogP contribution in [0.1, 0.15) is 13.8 Å². The molecule has 1 rings (SSSR count). The summed E-state index contributed by atoms with van der Waals surface area (Å²) in [5.74, 6) is -2.26. The maximum absolute atomic E-state index is 13.3. The number of nitrogens with two attached hydrogens (primary N) is 1. The molecular weight excluding hydrogens is 307 g/mol. The van der Waals surface area contributed by atoms with E-state index in [2.05, 4.69) is 16.2 Å². The van der Waals surface area contributed by atoms with Crippen LogP contribution in [-0.2, 0) is 9.59 Å². The van der Waals surface area contributed by atoms with Crippen molar-refractivity contribution in [1.29, 1.82) is 0 Å². The third kappa shape index (κ3) is 6.20. The Morgan fingerprint density at radius 1 is 1.22 bits per heavy atom. The molecule has 0 saturated heterocycles. The van der Waals surface area contributed by atoms with E-state index in [0.29, 0.717) is 0 Å². The highest BCUT2D eigenvalue weighted by Crippen LogP contribution is 2.14. The van der Waals surface area contributed by atoms with E-state index in [4.69, 9.17) is 10.5 Å². The minimum atomic E-state index is -0.903. The van der Waals surface area contributed by atoms with Crippen LogP contribution in [0.25, 0.3) is 0 Å². The molecule has 0 heterocycles. The number of rotatable bonds is 6. The fourth-order valence-electron chi connectivity index (χ4n) is 1.64. The lowest BCUT2D eigenvalue weighted by Gasteiger charge is -2.20. The molecule has 4 amide bonds. The van der Waals surface area contributed by atoms with Gasteiger partial charge in [-0.05, 0) is 18.1 Å². The van der Waals surface area contributed by atoms with Crippen molar-refractivity contribution in [2.24, 2.45) is 11.7 Å². The first-order valence-corrected chi connectivity index (χ1v) is 6.83. The smallest absolute Gasteiger partial charge is 0.312 e. The topological polar surface area (TPSA) is 123 Å². The maximum atomic E-state index is 13.3. The largest absolute Gasteiger partial charge is 0.481 e. The Bertz CT molecular complexity index is 580. The summed E-state index contributed by atoms with van der Waals surface area (Å²) >= 11 is 0.